The molecule has 1 rings (SSSR count). The Morgan fingerprint density at radius 3 is 2.27 bits per heavy atom. The molecule has 0 aliphatic heterocycles. The van der Waals surface area contributed by atoms with Crippen molar-refractivity contribution in [2.75, 3.05) is 0 Å². The van der Waals surface area contributed by atoms with Gasteiger partial charge in [0.1, 0.15) is 0 Å². The van der Waals surface area contributed by atoms with Crippen LogP contribution < -0.4 is 0 Å². The highest BCUT2D eigenvalue weighted by atomic mass is 28.4. The Balaban J connectivity index is 2.53. The molecule has 0 spiro atoms. The van der Waals surface area contributed by atoms with Crippen molar-refractivity contribution in [3.8, 4) is 0 Å². The lowest BCUT2D eigenvalue weighted by Gasteiger charge is -2.41. The lowest BCUT2D eigenvalue weighted by molar-refractivity contribution is 0.0465. The number of aliphatic hydroxyl groups excluding tert-OH is 1. The highest BCUT2D eigenvalue weighted by Crippen LogP contribution is 2.39. The van der Waals surface area contributed by atoms with Gasteiger partial charge in [-0.2, -0.15) is 0 Å². The molecule has 1 fully saturated rings. The van der Waals surface area contributed by atoms with E-state index in [1.165, 1.54) is 0 Å². The molecule has 0 amide bonds. The highest BCUT2D eigenvalue weighted by Gasteiger charge is 2.39. The lowest BCUT2D eigenvalue weighted by Crippen LogP contribution is -2.45. The first-order chi connectivity index (χ1) is 6.72. The molecule has 15 heavy (non-hydrogen) atoms. The summed E-state index contributed by atoms with van der Waals surface area (Å²) in [7, 11) is -1.63. The van der Waals surface area contributed by atoms with Crippen molar-refractivity contribution in [2.24, 2.45) is 0 Å². The molecule has 90 valence electrons. The SMILES string of the molecule is CC(C)(C)[Si](C)(C)O[C@H]1CCCC(O)C1. The van der Waals surface area contributed by atoms with Crippen molar-refractivity contribution in [3.63, 3.8) is 0 Å². The summed E-state index contributed by atoms with van der Waals surface area (Å²) in [6, 6.07) is 0. The van der Waals surface area contributed by atoms with Crippen LogP contribution in [0.15, 0.2) is 0 Å². The van der Waals surface area contributed by atoms with E-state index < -0.39 is 8.32 Å². The second kappa shape index (κ2) is 4.56. The molecular formula is C12H26O2Si. The number of hydrogen-bond acceptors (Lipinski definition) is 2. The topological polar surface area (TPSA) is 29.5 Å². The fourth-order valence-corrected chi connectivity index (χ4v) is 3.22. The quantitative estimate of drug-likeness (QED) is 0.738. The van der Waals surface area contributed by atoms with Crippen LogP contribution in [-0.2, 0) is 4.43 Å². The smallest absolute Gasteiger partial charge is 0.192 e. The first kappa shape index (κ1) is 13.2. The van der Waals surface area contributed by atoms with Crippen molar-refractivity contribution in [1.82, 2.24) is 0 Å². The average molecular weight is 230 g/mol. The first-order valence-corrected chi connectivity index (χ1v) is 8.99. The molecule has 1 saturated carbocycles. The molecule has 0 saturated heterocycles. The normalized spacial score (nSPS) is 29.2. The largest absolute Gasteiger partial charge is 0.414 e. The van der Waals surface area contributed by atoms with Gasteiger partial charge in [0.2, 0.25) is 0 Å². The molecule has 0 aromatic heterocycles. The Labute approximate surface area is 95.2 Å². The van der Waals surface area contributed by atoms with E-state index in [1.54, 1.807) is 0 Å². The number of hydrogen-bond donors (Lipinski definition) is 1. The molecule has 0 aromatic rings. The van der Waals surface area contributed by atoms with E-state index >= 15 is 0 Å². The van der Waals surface area contributed by atoms with Crippen LogP contribution in [-0.4, -0.2) is 25.6 Å². The summed E-state index contributed by atoms with van der Waals surface area (Å²) in [6.07, 6.45) is 4.21. The van der Waals surface area contributed by atoms with Crippen molar-refractivity contribution in [3.05, 3.63) is 0 Å². The monoisotopic (exact) mass is 230 g/mol. The third-order valence-corrected chi connectivity index (χ3v) is 8.40. The van der Waals surface area contributed by atoms with E-state index in [-0.39, 0.29) is 11.1 Å². The van der Waals surface area contributed by atoms with Gasteiger partial charge in [0.05, 0.1) is 6.10 Å². The fraction of sp³-hybridized carbons (Fsp3) is 1.00. The molecule has 0 bridgehead atoms. The third kappa shape index (κ3) is 3.57. The van der Waals surface area contributed by atoms with Crippen LogP contribution in [0.3, 0.4) is 0 Å². The summed E-state index contributed by atoms with van der Waals surface area (Å²) >= 11 is 0. The Hall–Kier alpha value is 0.137. The van der Waals surface area contributed by atoms with E-state index in [0.29, 0.717) is 6.10 Å². The Morgan fingerprint density at radius 1 is 1.20 bits per heavy atom. The van der Waals surface area contributed by atoms with Gasteiger partial charge in [0.25, 0.3) is 0 Å². The molecule has 0 radical (unpaired) electrons. The predicted molar refractivity (Wildman–Crippen MR) is 66.5 cm³/mol. The van der Waals surface area contributed by atoms with Gasteiger partial charge in [-0.3, -0.25) is 0 Å². The minimum atomic E-state index is -1.63. The van der Waals surface area contributed by atoms with Crippen LogP contribution in [0.2, 0.25) is 18.1 Å². The predicted octanol–water partition coefficient (Wildman–Crippen LogP) is 3.31. The molecule has 3 heteroatoms. The maximum atomic E-state index is 9.61. The maximum absolute atomic E-state index is 9.61. The summed E-state index contributed by atoms with van der Waals surface area (Å²) in [5, 5.41) is 9.89. The van der Waals surface area contributed by atoms with Gasteiger partial charge in [-0.25, -0.2) is 0 Å². The minimum Gasteiger partial charge on any atom is -0.414 e. The number of aliphatic hydroxyl groups is 1. The van der Waals surface area contributed by atoms with Gasteiger partial charge in [-0.1, -0.05) is 20.8 Å². The minimum absolute atomic E-state index is 0.131. The van der Waals surface area contributed by atoms with Crippen LogP contribution in [0, 0.1) is 0 Å². The maximum Gasteiger partial charge on any atom is 0.192 e. The van der Waals surface area contributed by atoms with Crippen LogP contribution in [0.1, 0.15) is 46.5 Å². The molecule has 1 aliphatic rings. The summed E-state index contributed by atoms with van der Waals surface area (Å²) < 4.78 is 6.29. The van der Waals surface area contributed by atoms with Gasteiger partial charge in [0, 0.05) is 6.10 Å². The van der Waals surface area contributed by atoms with Crippen molar-refractivity contribution < 1.29 is 9.53 Å². The Morgan fingerprint density at radius 2 is 1.80 bits per heavy atom. The van der Waals surface area contributed by atoms with Crippen molar-refractivity contribution >= 4 is 8.32 Å². The Kier molecular flexibility index (Phi) is 4.01. The molecule has 0 aromatic carbocycles. The second-order valence-corrected chi connectivity index (χ2v) is 11.1. The van der Waals surface area contributed by atoms with E-state index in [1.807, 2.05) is 0 Å². The lowest BCUT2D eigenvalue weighted by atomic mass is 9.95. The van der Waals surface area contributed by atoms with Crippen LogP contribution in [0.25, 0.3) is 0 Å². The van der Waals surface area contributed by atoms with E-state index in [9.17, 15) is 5.11 Å². The van der Waals surface area contributed by atoms with Gasteiger partial charge in [-0.05, 0) is 43.8 Å². The van der Waals surface area contributed by atoms with Gasteiger partial charge in [0.15, 0.2) is 8.32 Å². The molecule has 2 nitrogen and oxygen atoms in total. The zero-order chi connectivity index (χ0) is 11.7. The van der Waals surface area contributed by atoms with Gasteiger partial charge in [-0.15, -0.1) is 0 Å². The second-order valence-electron chi connectivity index (χ2n) is 6.32. The van der Waals surface area contributed by atoms with Gasteiger partial charge >= 0.3 is 0 Å². The zero-order valence-electron chi connectivity index (χ0n) is 10.8. The van der Waals surface area contributed by atoms with Crippen molar-refractivity contribution in [1.29, 1.82) is 0 Å². The Bertz CT molecular complexity index is 208. The van der Waals surface area contributed by atoms with E-state index in [0.717, 1.165) is 25.7 Å². The molecule has 0 heterocycles. The van der Waals surface area contributed by atoms with Crippen LogP contribution >= 0.6 is 0 Å². The first-order valence-electron chi connectivity index (χ1n) is 6.08. The van der Waals surface area contributed by atoms with Crippen LogP contribution in [0.5, 0.6) is 0 Å². The molecule has 1 N–H and O–H groups in total. The summed E-state index contributed by atoms with van der Waals surface area (Å²) in [5.41, 5.74) is 0. The molecule has 1 unspecified atom stereocenters. The molecular weight excluding hydrogens is 204 g/mol. The van der Waals surface area contributed by atoms with Crippen LogP contribution in [0.4, 0.5) is 0 Å². The zero-order valence-corrected chi connectivity index (χ0v) is 11.8. The third-order valence-electron chi connectivity index (χ3n) is 3.87. The summed E-state index contributed by atoms with van der Waals surface area (Å²) in [4.78, 5) is 0. The standard InChI is InChI=1S/C12H26O2Si/c1-12(2,3)15(4,5)14-11-8-6-7-10(13)9-11/h10-11,13H,6-9H2,1-5H3/t10?,11-/m0/s1. The molecule has 1 aliphatic carbocycles. The summed E-state index contributed by atoms with van der Waals surface area (Å²) in [5.74, 6) is 0. The average Bonchev–Trinajstić information content (AvgIpc) is 2.00. The van der Waals surface area contributed by atoms with Crippen molar-refractivity contribution in [2.45, 2.75) is 76.8 Å². The fourth-order valence-electron chi connectivity index (χ4n) is 1.82. The van der Waals surface area contributed by atoms with E-state index in [2.05, 4.69) is 33.9 Å². The highest BCUT2D eigenvalue weighted by molar-refractivity contribution is 6.74. The number of rotatable bonds is 2. The summed E-state index contributed by atoms with van der Waals surface area (Å²) in [6.45, 7) is 11.4. The van der Waals surface area contributed by atoms with Gasteiger partial charge < -0.3 is 9.53 Å². The van der Waals surface area contributed by atoms with E-state index in [4.69, 9.17) is 4.43 Å². The molecule has 2 atom stereocenters.